The quantitative estimate of drug-likeness (QED) is 0.511. The molecule has 0 atom stereocenters. The van der Waals surface area contributed by atoms with Crippen molar-refractivity contribution in [2.75, 3.05) is 29.5 Å². The molecule has 0 amide bonds. The monoisotopic (exact) mass is 308 g/mol. The first-order valence-electron chi connectivity index (χ1n) is 6.11. The lowest BCUT2D eigenvalue weighted by atomic mass is 10.4. The second-order valence-corrected chi connectivity index (χ2v) is 5.61. The molecule has 0 bridgehead atoms. The van der Waals surface area contributed by atoms with Gasteiger partial charge in [0.25, 0.3) is 0 Å². The van der Waals surface area contributed by atoms with Crippen molar-refractivity contribution in [3.63, 3.8) is 0 Å². The summed E-state index contributed by atoms with van der Waals surface area (Å²) in [4.78, 5) is 7.34. The molecule has 0 aliphatic carbocycles. The van der Waals surface area contributed by atoms with Gasteiger partial charge in [0.2, 0.25) is 0 Å². The summed E-state index contributed by atoms with van der Waals surface area (Å²) >= 11 is 2.99. The van der Waals surface area contributed by atoms with Crippen molar-refractivity contribution in [2.45, 2.75) is 12.7 Å². The number of rotatable bonds is 8. The van der Waals surface area contributed by atoms with Crippen molar-refractivity contribution in [3.05, 3.63) is 17.7 Å². The Bertz CT molecular complexity index is 571. The van der Waals surface area contributed by atoms with Gasteiger partial charge in [-0.15, -0.1) is 6.42 Å². The van der Waals surface area contributed by atoms with E-state index in [9.17, 15) is 0 Å². The van der Waals surface area contributed by atoms with Crippen LogP contribution in [-0.2, 0) is 5.75 Å². The average Bonchev–Trinajstić information content (AvgIpc) is 3.06. The largest absolute Gasteiger partial charge is 0.365 e. The summed E-state index contributed by atoms with van der Waals surface area (Å²) in [6, 6.07) is 0. The molecule has 8 heteroatoms. The second-order valence-electron chi connectivity index (χ2n) is 3.97. The van der Waals surface area contributed by atoms with Gasteiger partial charge in [0.15, 0.2) is 11.6 Å². The summed E-state index contributed by atoms with van der Waals surface area (Å²) in [5.74, 6) is 5.89. The summed E-state index contributed by atoms with van der Waals surface area (Å²) in [6.45, 7) is 3.31. The molecule has 0 spiro atoms. The van der Waals surface area contributed by atoms with Crippen LogP contribution in [0.5, 0.6) is 0 Å². The van der Waals surface area contributed by atoms with Crippen LogP contribution in [-0.4, -0.2) is 37.6 Å². The number of imidazole rings is 1. The highest BCUT2D eigenvalue weighted by Crippen LogP contribution is 2.18. The van der Waals surface area contributed by atoms with Crippen LogP contribution in [0.2, 0.25) is 0 Å². The van der Waals surface area contributed by atoms with Crippen LogP contribution < -0.4 is 10.6 Å². The van der Waals surface area contributed by atoms with E-state index in [1.165, 1.54) is 11.7 Å². The van der Waals surface area contributed by atoms with Crippen molar-refractivity contribution < 1.29 is 0 Å². The third kappa shape index (κ3) is 4.15. The van der Waals surface area contributed by atoms with E-state index in [1.54, 1.807) is 6.33 Å². The van der Waals surface area contributed by atoms with E-state index < -0.39 is 0 Å². The van der Waals surface area contributed by atoms with Gasteiger partial charge in [-0.25, -0.2) is 4.98 Å². The maximum Gasteiger partial charge on any atom is 0.185 e. The lowest BCUT2D eigenvalue weighted by molar-refractivity contribution is 1.17. The molecular weight excluding hydrogens is 292 g/mol. The second kappa shape index (κ2) is 7.77. The normalized spacial score (nSPS) is 10.2. The van der Waals surface area contributed by atoms with Gasteiger partial charge in [0, 0.05) is 23.7 Å². The van der Waals surface area contributed by atoms with Crippen molar-refractivity contribution in [1.29, 1.82) is 0 Å². The van der Waals surface area contributed by atoms with E-state index in [1.807, 2.05) is 18.7 Å². The molecule has 0 aliphatic rings. The van der Waals surface area contributed by atoms with Gasteiger partial charge < -0.3 is 15.6 Å². The summed E-state index contributed by atoms with van der Waals surface area (Å²) in [6.07, 6.45) is 6.93. The molecule has 0 fully saturated rings. The number of nitrogens with one attached hydrogen (secondary N) is 3. The SMILES string of the molecule is C#CCNc1nsnc1NCCSCc1nc[nH]c1C. The molecule has 2 heterocycles. The number of anilines is 2. The number of terminal acetylenes is 1. The Balaban J connectivity index is 1.67. The molecular formula is C12H16N6S2. The molecule has 20 heavy (non-hydrogen) atoms. The lowest BCUT2D eigenvalue weighted by Gasteiger charge is -2.05. The Morgan fingerprint density at radius 2 is 2.20 bits per heavy atom. The number of aryl methyl sites for hydroxylation is 1. The van der Waals surface area contributed by atoms with Gasteiger partial charge in [-0.2, -0.15) is 20.5 Å². The molecule has 0 aromatic carbocycles. The Morgan fingerprint density at radius 1 is 1.40 bits per heavy atom. The predicted octanol–water partition coefficient (Wildman–Crippen LogP) is 1.96. The van der Waals surface area contributed by atoms with Crippen molar-refractivity contribution in [3.8, 4) is 12.3 Å². The number of aromatic nitrogens is 4. The smallest absolute Gasteiger partial charge is 0.185 e. The highest BCUT2D eigenvalue weighted by molar-refractivity contribution is 7.98. The number of thioether (sulfide) groups is 1. The van der Waals surface area contributed by atoms with Crippen LogP contribution in [0.4, 0.5) is 11.6 Å². The molecule has 6 nitrogen and oxygen atoms in total. The van der Waals surface area contributed by atoms with Crippen molar-refractivity contribution in [2.24, 2.45) is 0 Å². The minimum Gasteiger partial charge on any atom is -0.365 e. The summed E-state index contributed by atoms with van der Waals surface area (Å²) in [5.41, 5.74) is 2.25. The lowest BCUT2D eigenvalue weighted by Crippen LogP contribution is -2.08. The number of nitrogens with zero attached hydrogens (tertiary/aromatic N) is 3. The highest BCUT2D eigenvalue weighted by Gasteiger charge is 2.06. The van der Waals surface area contributed by atoms with E-state index in [4.69, 9.17) is 6.42 Å². The fourth-order valence-corrected chi connectivity index (χ4v) is 2.88. The Hall–Kier alpha value is -1.72. The summed E-state index contributed by atoms with van der Waals surface area (Å²) in [7, 11) is 0. The number of H-pyrrole nitrogens is 1. The highest BCUT2D eigenvalue weighted by atomic mass is 32.2. The van der Waals surface area contributed by atoms with Gasteiger partial charge in [-0.05, 0) is 6.92 Å². The molecule has 2 rings (SSSR count). The zero-order chi connectivity index (χ0) is 14.2. The first kappa shape index (κ1) is 14.7. The van der Waals surface area contributed by atoms with Crippen molar-refractivity contribution >= 4 is 35.1 Å². The first-order valence-corrected chi connectivity index (χ1v) is 8.00. The van der Waals surface area contributed by atoms with Crippen LogP contribution in [0.15, 0.2) is 6.33 Å². The molecule has 106 valence electrons. The number of hydrogen-bond acceptors (Lipinski definition) is 7. The molecule has 0 aliphatic heterocycles. The van der Waals surface area contributed by atoms with Gasteiger partial charge in [0.05, 0.1) is 30.3 Å². The molecule has 2 aromatic rings. The summed E-state index contributed by atoms with van der Waals surface area (Å²) in [5, 5.41) is 6.28. The molecule has 2 aromatic heterocycles. The van der Waals surface area contributed by atoms with Gasteiger partial charge >= 0.3 is 0 Å². The topological polar surface area (TPSA) is 78.5 Å². The predicted molar refractivity (Wildman–Crippen MR) is 85.2 cm³/mol. The van der Waals surface area contributed by atoms with E-state index in [0.29, 0.717) is 6.54 Å². The molecule has 0 radical (unpaired) electrons. The van der Waals surface area contributed by atoms with Gasteiger partial charge in [-0.1, -0.05) is 5.92 Å². The zero-order valence-corrected chi connectivity index (χ0v) is 12.8. The van der Waals surface area contributed by atoms with Crippen LogP contribution in [0.25, 0.3) is 0 Å². The maximum absolute atomic E-state index is 5.20. The Morgan fingerprint density at radius 3 is 2.90 bits per heavy atom. The fourth-order valence-electron chi connectivity index (χ4n) is 1.50. The standard InChI is InChI=1S/C12H16N6S2/c1-3-4-13-11-12(18-20-17-11)14-5-6-19-7-10-9(2)15-8-16-10/h1,8H,4-7H2,2H3,(H,13,17)(H,14,18)(H,15,16). The third-order valence-electron chi connectivity index (χ3n) is 2.56. The van der Waals surface area contributed by atoms with E-state index in [0.717, 1.165) is 41.1 Å². The fraction of sp³-hybridized carbons (Fsp3) is 0.417. The van der Waals surface area contributed by atoms with Crippen LogP contribution in [0.1, 0.15) is 11.4 Å². The number of aromatic amines is 1. The molecule has 0 saturated heterocycles. The van der Waals surface area contributed by atoms with E-state index in [2.05, 4.69) is 35.3 Å². The van der Waals surface area contributed by atoms with Gasteiger partial charge in [-0.3, -0.25) is 0 Å². The Labute approximate surface area is 126 Å². The minimum atomic E-state index is 0.452. The van der Waals surface area contributed by atoms with Crippen LogP contribution >= 0.6 is 23.5 Å². The third-order valence-corrected chi connectivity index (χ3v) is 4.06. The van der Waals surface area contributed by atoms with Gasteiger partial charge in [0.1, 0.15) is 0 Å². The van der Waals surface area contributed by atoms with Crippen LogP contribution in [0, 0.1) is 19.3 Å². The average molecular weight is 308 g/mol. The molecule has 0 unspecified atom stereocenters. The zero-order valence-electron chi connectivity index (χ0n) is 11.1. The maximum atomic E-state index is 5.20. The molecule has 0 saturated carbocycles. The van der Waals surface area contributed by atoms with E-state index in [-0.39, 0.29) is 0 Å². The minimum absolute atomic E-state index is 0.452. The summed E-state index contributed by atoms with van der Waals surface area (Å²) < 4.78 is 8.34. The van der Waals surface area contributed by atoms with Crippen LogP contribution in [0.3, 0.4) is 0 Å². The molecule has 3 N–H and O–H groups in total. The van der Waals surface area contributed by atoms with Crippen molar-refractivity contribution in [1.82, 2.24) is 18.7 Å². The first-order chi connectivity index (χ1) is 9.81. The number of hydrogen-bond donors (Lipinski definition) is 3. The Kier molecular flexibility index (Phi) is 5.70. The van der Waals surface area contributed by atoms with E-state index >= 15 is 0 Å².